The van der Waals surface area contributed by atoms with E-state index >= 15 is 0 Å². The first kappa shape index (κ1) is 21.5. The van der Waals surface area contributed by atoms with E-state index in [1.165, 1.54) is 0 Å². The number of amides is 1. The number of nitrogens with one attached hydrogen (secondary N) is 3. The van der Waals surface area contributed by atoms with Gasteiger partial charge in [-0.05, 0) is 44.9 Å². The average molecular weight is 386 g/mol. The van der Waals surface area contributed by atoms with Gasteiger partial charge in [0.1, 0.15) is 5.76 Å². The van der Waals surface area contributed by atoms with Gasteiger partial charge in [-0.15, -0.1) is 0 Å². The zero-order chi connectivity index (χ0) is 20.4. The fraction of sp³-hybridized carbons (Fsp3) is 0.476. The van der Waals surface area contributed by atoms with Gasteiger partial charge < -0.3 is 20.4 Å². The third-order valence-electron chi connectivity index (χ3n) is 4.28. The largest absolute Gasteiger partial charge is 0.444 e. The second-order valence-corrected chi connectivity index (χ2v) is 6.60. The van der Waals surface area contributed by atoms with E-state index in [9.17, 15) is 4.79 Å². The van der Waals surface area contributed by atoms with Crippen LogP contribution in [0.5, 0.6) is 0 Å². The van der Waals surface area contributed by atoms with Crippen LogP contribution in [0.25, 0.3) is 0 Å². The van der Waals surface area contributed by atoms with Crippen molar-refractivity contribution in [3.05, 3.63) is 52.7 Å². The summed E-state index contributed by atoms with van der Waals surface area (Å²) in [5.74, 6) is 2.13. The SMILES string of the molecule is CCCCNC(=O)c1ccc(CN=C(NCC)NCc2nc(C)c(C)o2)cc1. The second-order valence-electron chi connectivity index (χ2n) is 6.60. The highest BCUT2D eigenvalue weighted by molar-refractivity contribution is 5.94. The predicted octanol–water partition coefficient (Wildman–Crippen LogP) is 3.08. The van der Waals surface area contributed by atoms with Crippen molar-refractivity contribution in [1.82, 2.24) is 20.9 Å². The molecule has 0 saturated carbocycles. The number of aryl methyl sites for hydroxylation is 2. The number of rotatable bonds is 9. The molecular weight excluding hydrogens is 354 g/mol. The molecule has 0 bridgehead atoms. The quantitative estimate of drug-likeness (QED) is 0.350. The fourth-order valence-electron chi connectivity index (χ4n) is 2.53. The van der Waals surface area contributed by atoms with Gasteiger partial charge in [0.25, 0.3) is 5.91 Å². The van der Waals surface area contributed by atoms with Crippen molar-refractivity contribution in [1.29, 1.82) is 0 Å². The molecule has 1 heterocycles. The lowest BCUT2D eigenvalue weighted by molar-refractivity contribution is 0.0953. The Balaban J connectivity index is 1.91. The number of hydrogen-bond acceptors (Lipinski definition) is 4. The second kappa shape index (κ2) is 11.1. The molecule has 2 aromatic rings. The fourth-order valence-corrected chi connectivity index (χ4v) is 2.53. The minimum absolute atomic E-state index is 0.0324. The Morgan fingerprint density at radius 1 is 1.11 bits per heavy atom. The number of hydrogen-bond donors (Lipinski definition) is 3. The molecule has 0 saturated heterocycles. The van der Waals surface area contributed by atoms with E-state index in [2.05, 4.69) is 32.9 Å². The van der Waals surface area contributed by atoms with Crippen LogP contribution in [0.15, 0.2) is 33.7 Å². The number of nitrogens with zero attached hydrogens (tertiary/aromatic N) is 2. The van der Waals surface area contributed by atoms with Gasteiger partial charge in [-0.3, -0.25) is 4.79 Å². The lowest BCUT2D eigenvalue weighted by Gasteiger charge is -2.10. The molecule has 0 fully saturated rings. The van der Waals surface area contributed by atoms with Crippen LogP contribution in [-0.2, 0) is 13.1 Å². The summed E-state index contributed by atoms with van der Waals surface area (Å²) in [6, 6.07) is 7.54. The van der Waals surface area contributed by atoms with Crippen molar-refractivity contribution in [3.8, 4) is 0 Å². The van der Waals surface area contributed by atoms with Gasteiger partial charge >= 0.3 is 0 Å². The summed E-state index contributed by atoms with van der Waals surface area (Å²) in [4.78, 5) is 21.0. The third-order valence-corrected chi connectivity index (χ3v) is 4.28. The molecule has 1 amide bonds. The predicted molar refractivity (Wildman–Crippen MR) is 111 cm³/mol. The van der Waals surface area contributed by atoms with E-state index < -0.39 is 0 Å². The van der Waals surface area contributed by atoms with Crippen molar-refractivity contribution in [2.45, 2.75) is 53.6 Å². The van der Waals surface area contributed by atoms with E-state index in [0.717, 1.165) is 36.4 Å². The first-order chi connectivity index (χ1) is 13.5. The van der Waals surface area contributed by atoms with Gasteiger partial charge in [0, 0.05) is 18.7 Å². The molecule has 152 valence electrons. The van der Waals surface area contributed by atoms with Gasteiger partial charge in [-0.25, -0.2) is 9.98 Å². The molecule has 0 aliphatic heterocycles. The molecule has 7 heteroatoms. The highest BCUT2D eigenvalue weighted by atomic mass is 16.4. The number of benzene rings is 1. The molecule has 0 radical (unpaired) electrons. The highest BCUT2D eigenvalue weighted by Crippen LogP contribution is 2.08. The zero-order valence-corrected chi connectivity index (χ0v) is 17.3. The third kappa shape index (κ3) is 6.72. The molecule has 3 N–H and O–H groups in total. The average Bonchev–Trinajstić information content (AvgIpc) is 3.02. The number of unbranched alkanes of at least 4 members (excludes halogenated alkanes) is 1. The van der Waals surface area contributed by atoms with E-state index in [4.69, 9.17) is 4.42 Å². The lowest BCUT2D eigenvalue weighted by Crippen LogP contribution is -2.36. The van der Waals surface area contributed by atoms with E-state index in [-0.39, 0.29) is 5.91 Å². The smallest absolute Gasteiger partial charge is 0.251 e. The molecular formula is C21H31N5O2. The zero-order valence-electron chi connectivity index (χ0n) is 17.3. The summed E-state index contributed by atoms with van der Waals surface area (Å²) in [5, 5.41) is 9.36. The van der Waals surface area contributed by atoms with E-state index in [0.29, 0.717) is 37.0 Å². The monoisotopic (exact) mass is 385 g/mol. The Morgan fingerprint density at radius 3 is 2.46 bits per heavy atom. The molecule has 7 nitrogen and oxygen atoms in total. The Kier molecular flexibility index (Phi) is 8.52. The molecule has 0 aliphatic carbocycles. The van der Waals surface area contributed by atoms with Crippen LogP contribution < -0.4 is 16.0 Å². The van der Waals surface area contributed by atoms with Crippen LogP contribution in [0.1, 0.15) is 60.0 Å². The Bertz CT molecular complexity index is 761. The maximum atomic E-state index is 12.1. The molecule has 1 aromatic carbocycles. The summed E-state index contributed by atoms with van der Waals surface area (Å²) in [6.07, 6.45) is 2.06. The molecule has 1 aromatic heterocycles. The number of aliphatic imine (C=N–C) groups is 1. The van der Waals surface area contributed by atoms with E-state index in [1.807, 2.05) is 45.0 Å². The normalized spacial score (nSPS) is 11.4. The molecule has 0 unspecified atom stereocenters. The summed E-state index contributed by atoms with van der Waals surface area (Å²) in [6.45, 7) is 10.4. The number of guanidine groups is 1. The Hall–Kier alpha value is -2.83. The lowest BCUT2D eigenvalue weighted by atomic mass is 10.1. The van der Waals surface area contributed by atoms with Crippen LogP contribution in [0.4, 0.5) is 0 Å². The minimum Gasteiger partial charge on any atom is -0.444 e. The van der Waals surface area contributed by atoms with Gasteiger partial charge in [-0.1, -0.05) is 25.5 Å². The van der Waals surface area contributed by atoms with Crippen LogP contribution in [0, 0.1) is 13.8 Å². The standard InChI is InChI=1S/C21H31N5O2/c1-5-7-12-23-20(27)18-10-8-17(9-11-18)13-24-21(22-6-2)25-14-19-26-15(3)16(4)28-19/h8-11H,5-7,12-14H2,1-4H3,(H,23,27)(H2,22,24,25). The van der Waals surface area contributed by atoms with Gasteiger partial charge in [0.2, 0.25) is 5.89 Å². The van der Waals surface area contributed by atoms with E-state index in [1.54, 1.807) is 0 Å². The van der Waals surface area contributed by atoms with Crippen molar-refractivity contribution < 1.29 is 9.21 Å². The van der Waals surface area contributed by atoms with Crippen molar-refractivity contribution in [2.24, 2.45) is 4.99 Å². The maximum absolute atomic E-state index is 12.1. The molecule has 0 spiro atoms. The van der Waals surface area contributed by atoms with Gasteiger partial charge in [0.15, 0.2) is 5.96 Å². The molecule has 28 heavy (non-hydrogen) atoms. The number of aromatic nitrogens is 1. The summed E-state index contributed by atoms with van der Waals surface area (Å²) >= 11 is 0. The first-order valence-corrected chi connectivity index (χ1v) is 9.85. The molecule has 0 atom stereocenters. The number of carbonyl (C=O) groups excluding carboxylic acids is 1. The maximum Gasteiger partial charge on any atom is 0.251 e. The summed E-state index contributed by atoms with van der Waals surface area (Å²) in [5.41, 5.74) is 2.60. The van der Waals surface area contributed by atoms with Crippen LogP contribution in [0.2, 0.25) is 0 Å². The van der Waals surface area contributed by atoms with Crippen molar-refractivity contribution >= 4 is 11.9 Å². The van der Waals surface area contributed by atoms with Crippen LogP contribution >= 0.6 is 0 Å². The number of oxazole rings is 1. The first-order valence-electron chi connectivity index (χ1n) is 9.85. The van der Waals surface area contributed by atoms with Crippen LogP contribution in [-0.4, -0.2) is 29.9 Å². The van der Waals surface area contributed by atoms with Crippen molar-refractivity contribution in [3.63, 3.8) is 0 Å². The van der Waals surface area contributed by atoms with Gasteiger partial charge in [-0.2, -0.15) is 0 Å². The topological polar surface area (TPSA) is 91.5 Å². The molecule has 2 rings (SSSR count). The summed E-state index contributed by atoms with van der Waals surface area (Å²) < 4.78 is 5.58. The molecule has 0 aliphatic rings. The Labute approximate surface area is 167 Å². The Morgan fingerprint density at radius 2 is 1.86 bits per heavy atom. The minimum atomic E-state index is -0.0324. The van der Waals surface area contributed by atoms with Gasteiger partial charge in [0.05, 0.1) is 18.8 Å². The van der Waals surface area contributed by atoms with Crippen LogP contribution in [0.3, 0.4) is 0 Å². The number of carbonyl (C=O) groups is 1. The highest BCUT2D eigenvalue weighted by Gasteiger charge is 2.07. The summed E-state index contributed by atoms with van der Waals surface area (Å²) in [7, 11) is 0. The van der Waals surface area contributed by atoms with Crippen molar-refractivity contribution in [2.75, 3.05) is 13.1 Å².